The predicted octanol–water partition coefficient (Wildman–Crippen LogP) is 1.11. The topological polar surface area (TPSA) is 50.9 Å². The minimum atomic E-state index is 0.336. The normalized spacial score (nSPS) is 13.2. The number of hydrogen-bond acceptors (Lipinski definition) is 3. The van der Waals surface area contributed by atoms with Gasteiger partial charge < -0.3 is 0 Å². The molecule has 1 unspecified atom stereocenters. The van der Waals surface area contributed by atoms with Gasteiger partial charge in [0, 0.05) is 18.4 Å². The van der Waals surface area contributed by atoms with Crippen molar-refractivity contribution in [3.8, 4) is 0 Å². The third kappa shape index (κ3) is 3.13. The molecule has 3 N–H and O–H groups in total. The summed E-state index contributed by atoms with van der Waals surface area (Å²) in [5.74, 6) is 6.00. The van der Waals surface area contributed by atoms with E-state index in [-0.39, 0.29) is 0 Å². The van der Waals surface area contributed by atoms with Crippen molar-refractivity contribution in [3.63, 3.8) is 0 Å². The SMILES string of the molecule is CC(C)C(Cc1ccncc1)NN. The van der Waals surface area contributed by atoms with Gasteiger partial charge in [0.1, 0.15) is 0 Å². The first kappa shape index (κ1) is 10.2. The molecule has 1 aromatic rings. The number of pyridine rings is 1. The highest BCUT2D eigenvalue weighted by molar-refractivity contribution is 5.11. The van der Waals surface area contributed by atoms with E-state index < -0.39 is 0 Å². The van der Waals surface area contributed by atoms with Gasteiger partial charge >= 0.3 is 0 Å². The zero-order chi connectivity index (χ0) is 9.68. The van der Waals surface area contributed by atoms with Crippen molar-refractivity contribution in [1.29, 1.82) is 0 Å². The second-order valence-electron chi connectivity index (χ2n) is 3.58. The van der Waals surface area contributed by atoms with Crippen LogP contribution in [-0.2, 0) is 6.42 Å². The number of aromatic nitrogens is 1. The number of nitrogens with zero attached hydrogens (tertiary/aromatic N) is 1. The van der Waals surface area contributed by atoms with Crippen LogP contribution in [0.3, 0.4) is 0 Å². The van der Waals surface area contributed by atoms with Crippen molar-refractivity contribution < 1.29 is 0 Å². The molecule has 0 aliphatic carbocycles. The Morgan fingerprint density at radius 3 is 2.46 bits per heavy atom. The van der Waals surface area contributed by atoms with Crippen LogP contribution in [0.15, 0.2) is 24.5 Å². The molecule has 1 rings (SSSR count). The van der Waals surface area contributed by atoms with E-state index in [1.54, 1.807) is 0 Å². The third-order valence-corrected chi connectivity index (χ3v) is 2.22. The van der Waals surface area contributed by atoms with E-state index in [9.17, 15) is 0 Å². The summed E-state index contributed by atoms with van der Waals surface area (Å²) in [6.07, 6.45) is 4.57. The quantitative estimate of drug-likeness (QED) is 0.538. The minimum Gasteiger partial charge on any atom is -0.271 e. The van der Waals surface area contributed by atoms with Gasteiger partial charge in [0.15, 0.2) is 0 Å². The van der Waals surface area contributed by atoms with E-state index in [4.69, 9.17) is 5.84 Å². The first-order valence-corrected chi connectivity index (χ1v) is 4.59. The summed E-state index contributed by atoms with van der Waals surface area (Å²) in [6, 6.07) is 4.38. The number of rotatable bonds is 4. The number of hydrogen-bond donors (Lipinski definition) is 2. The Labute approximate surface area is 79.3 Å². The number of nitrogens with one attached hydrogen (secondary N) is 1. The molecule has 72 valence electrons. The molecule has 0 saturated carbocycles. The van der Waals surface area contributed by atoms with Gasteiger partial charge in [-0.2, -0.15) is 0 Å². The highest BCUT2D eigenvalue weighted by Gasteiger charge is 2.11. The molecule has 0 spiro atoms. The molecule has 3 heteroatoms. The van der Waals surface area contributed by atoms with Gasteiger partial charge in [0.05, 0.1) is 0 Å². The molecule has 0 radical (unpaired) electrons. The summed E-state index contributed by atoms with van der Waals surface area (Å²) in [5.41, 5.74) is 4.10. The molecule has 1 aromatic heterocycles. The van der Waals surface area contributed by atoms with Gasteiger partial charge in [-0.25, -0.2) is 0 Å². The summed E-state index contributed by atoms with van der Waals surface area (Å²) < 4.78 is 0. The minimum absolute atomic E-state index is 0.336. The molecule has 13 heavy (non-hydrogen) atoms. The van der Waals surface area contributed by atoms with E-state index in [0.29, 0.717) is 12.0 Å². The molecule has 1 atom stereocenters. The third-order valence-electron chi connectivity index (χ3n) is 2.22. The van der Waals surface area contributed by atoms with Crippen molar-refractivity contribution in [2.24, 2.45) is 11.8 Å². The maximum absolute atomic E-state index is 5.46. The molecule has 0 saturated heterocycles. The van der Waals surface area contributed by atoms with Crippen LogP contribution in [-0.4, -0.2) is 11.0 Å². The van der Waals surface area contributed by atoms with Gasteiger partial charge in [-0.05, 0) is 30.0 Å². The average Bonchev–Trinajstić information content (AvgIpc) is 2.15. The van der Waals surface area contributed by atoms with Crippen LogP contribution in [0.25, 0.3) is 0 Å². The molecule has 0 bridgehead atoms. The van der Waals surface area contributed by atoms with E-state index in [2.05, 4.69) is 24.3 Å². The highest BCUT2D eigenvalue weighted by atomic mass is 15.2. The van der Waals surface area contributed by atoms with Gasteiger partial charge in [0.25, 0.3) is 0 Å². The Hall–Kier alpha value is -0.930. The van der Waals surface area contributed by atoms with Crippen molar-refractivity contribution in [1.82, 2.24) is 10.4 Å². The van der Waals surface area contributed by atoms with Crippen molar-refractivity contribution in [2.75, 3.05) is 0 Å². The van der Waals surface area contributed by atoms with E-state index in [1.165, 1.54) is 5.56 Å². The van der Waals surface area contributed by atoms with Crippen molar-refractivity contribution in [2.45, 2.75) is 26.3 Å². The zero-order valence-corrected chi connectivity index (χ0v) is 8.20. The maximum Gasteiger partial charge on any atom is 0.0273 e. The lowest BCUT2D eigenvalue weighted by atomic mass is 9.98. The molecule has 1 heterocycles. The largest absolute Gasteiger partial charge is 0.271 e. The first-order valence-electron chi connectivity index (χ1n) is 4.59. The van der Waals surface area contributed by atoms with Gasteiger partial charge in [-0.1, -0.05) is 13.8 Å². The van der Waals surface area contributed by atoms with E-state index >= 15 is 0 Å². The molecule has 0 aromatic carbocycles. The Morgan fingerprint density at radius 1 is 1.38 bits per heavy atom. The number of nitrogens with two attached hydrogens (primary N) is 1. The lowest BCUT2D eigenvalue weighted by molar-refractivity contribution is 0.404. The van der Waals surface area contributed by atoms with Gasteiger partial charge in [0.2, 0.25) is 0 Å². The Morgan fingerprint density at radius 2 is 2.00 bits per heavy atom. The number of hydrazine groups is 1. The molecular weight excluding hydrogens is 162 g/mol. The zero-order valence-electron chi connectivity index (χ0n) is 8.20. The standard InChI is InChI=1S/C10H17N3/c1-8(2)10(13-11)7-9-3-5-12-6-4-9/h3-6,8,10,13H,7,11H2,1-2H3. The smallest absolute Gasteiger partial charge is 0.0273 e. The van der Waals surface area contributed by atoms with Crippen LogP contribution >= 0.6 is 0 Å². The lowest BCUT2D eigenvalue weighted by Crippen LogP contribution is -2.40. The summed E-state index contributed by atoms with van der Waals surface area (Å²) >= 11 is 0. The van der Waals surface area contributed by atoms with Gasteiger partial charge in [-0.15, -0.1) is 0 Å². The monoisotopic (exact) mass is 179 g/mol. The Bertz CT molecular complexity index is 233. The summed E-state index contributed by atoms with van der Waals surface area (Å²) in [4.78, 5) is 3.97. The lowest BCUT2D eigenvalue weighted by Gasteiger charge is -2.19. The van der Waals surface area contributed by atoms with Crippen LogP contribution in [0.2, 0.25) is 0 Å². The molecule has 0 amide bonds. The Kier molecular flexibility index (Phi) is 3.86. The van der Waals surface area contributed by atoms with Crippen LogP contribution < -0.4 is 11.3 Å². The Balaban J connectivity index is 2.57. The second kappa shape index (κ2) is 4.94. The molecule has 0 fully saturated rings. The maximum atomic E-state index is 5.46. The fourth-order valence-electron chi connectivity index (χ4n) is 1.26. The fraction of sp³-hybridized carbons (Fsp3) is 0.500. The summed E-state index contributed by atoms with van der Waals surface area (Å²) in [5, 5.41) is 0. The molecular formula is C10H17N3. The summed E-state index contributed by atoms with van der Waals surface area (Å²) in [7, 11) is 0. The van der Waals surface area contributed by atoms with E-state index in [0.717, 1.165) is 6.42 Å². The molecule has 0 aliphatic rings. The predicted molar refractivity (Wildman–Crippen MR) is 53.9 cm³/mol. The van der Waals surface area contributed by atoms with E-state index in [1.807, 2.05) is 24.5 Å². The fourth-order valence-corrected chi connectivity index (χ4v) is 1.26. The average molecular weight is 179 g/mol. The molecule has 3 nitrogen and oxygen atoms in total. The van der Waals surface area contributed by atoms with Crippen LogP contribution in [0.4, 0.5) is 0 Å². The highest BCUT2D eigenvalue weighted by Crippen LogP contribution is 2.08. The van der Waals surface area contributed by atoms with Gasteiger partial charge in [-0.3, -0.25) is 16.3 Å². The van der Waals surface area contributed by atoms with Crippen LogP contribution in [0.5, 0.6) is 0 Å². The van der Waals surface area contributed by atoms with Crippen LogP contribution in [0.1, 0.15) is 19.4 Å². The van der Waals surface area contributed by atoms with Crippen molar-refractivity contribution >= 4 is 0 Å². The molecule has 0 aliphatic heterocycles. The second-order valence-corrected chi connectivity index (χ2v) is 3.58. The van der Waals surface area contributed by atoms with Crippen LogP contribution in [0, 0.1) is 5.92 Å². The first-order chi connectivity index (χ1) is 6.24. The van der Waals surface area contributed by atoms with Crippen molar-refractivity contribution in [3.05, 3.63) is 30.1 Å². The summed E-state index contributed by atoms with van der Waals surface area (Å²) in [6.45, 7) is 4.32.